The van der Waals surface area contributed by atoms with Crippen LogP contribution in [0.5, 0.6) is 0 Å². The minimum absolute atomic E-state index is 0.0414. The Morgan fingerprint density at radius 3 is 2.02 bits per heavy atom. The third-order valence-corrected chi connectivity index (χ3v) is 12.0. The lowest BCUT2D eigenvalue weighted by Gasteiger charge is -2.65. The lowest BCUT2D eigenvalue weighted by atomic mass is 9.49. The summed E-state index contributed by atoms with van der Waals surface area (Å²) in [6.45, 7) is 9.64. The van der Waals surface area contributed by atoms with Crippen molar-refractivity contribution >= 4 is 35.9 Å². The number of hydrogen-bond donors (Lipinski definition) is 2. The number of aliphatic hydroxyl groups excluding tert-OH is 1. The van der Waals surface area contributed by atoms with Gasteiger partial charge < -0.3 is 38.6 Å². The van der Waals surface area contributed by atoms with Crippen molar-refractivity contribution in [3.8, 4) is 0 Å². The van der Waals surface area contributed by atoms with Gasteiger partial charge in [0.1, 0.15) is 36.6 Å². The minimum atomic E-state index is -1.88. The standard InChI is InChI=1S/C42H48O13/c1-23-29(53-32(46)19-18-27-14-10-8-11-15-27)21-41(39(5,6)49)33(23)34(47)36(54-38(48)28-16-12-9-13-17-28)40(7)30(51-24(2)43)20-31-42(22-50-31,55-26(4)45)35(40)37(41)52-25(3)44/h8-19,29-31,34-37,47,49H,20-22H2,1-7H3/t29-,30-,31+,34+,35?,36-,37+,40+,41-,42-/m0/s1. The minimum Gasteiger partial charge on any atom is -0.462 e. The van der Waals surface area contributed by atoms with Crippen LogP contribution in [0.3, 0.4) is 0 Å². The molecule has 1 heterocycles. The summed E-state index contributed by atoms with van der Waals surface area (Å²) in [5.41, 5.74) is -5.62. The van der Waals surface area contributed by atoms with Gasteiger partial charge >= 0.3 is 29.8 Å². The highest BCUT2D eigenvalue weighted by Crippen LogP contribution is 2.68. The first-order valence-electron chi connectivity index (χ1n) is 18.3. The van der Waals surface area contributed by atoms with Crippen molar-refractivity contribution in [3.05, 3.63) is 89.0 Å². The van der Waals surface area contributed by atoms with E-state index in [9.17, 15) is 34.2 Å². The molecule has 6 rings (SSSR count). The Morgan fingerprint density at radius 1 is 0.855 bits per heavy atom. The van der Waals surface area contributed by atoms with Gasteiger partial charge in [-0.3, -0.25) is 14.4 Å². The maximum absolute atomic E-state index is 14.1. The van der Waals surface area contributed by atoms with E-state index in [1.165, 1.54) is 52.8 Å². The molecule has 1 saturated heterocycles. The van der Waals surface area contributed by atoms with Crippen molar-refractivity contribution < 1.29 is 62.6 Å². The third kappa shape index (κ3) is 6.76. The van der Waals surface area contributed by atoms with Gasteiger partial charge in [0, 0.05) is 39.7 Å². The van der Waals surface area contributed by atoms with E-state index >= 15 is 0 Å². The first-order chi connectivity index (χ1) is 25.9. The van der Waals surface area contributed by atoms with E-state index in [1.54, 1.807) is 38.1 Å². The molecule has 3 fully saturated rings. The average Bonchev–Trinajstić information content (AvgIpc) is 3.38. The molecule has 2 aromatic carbocycles. The van der Waals surface area contributed by atoms with Crippen molar-refractivity contribution in [1.29, 1.82) is 0 Å². The van der Waals surface area contributed by atoms with Gasteiger partial charge in [-0.25, -0.2) is 9.59 Å². The van der Waals surface area contributed by atoms with Gasteiger partial charge in [0.15, 0.2) is 5.60 Å². The summed E-state index contributed by atoms with van der Waals surface area (Å²) in [5.74, 6) is -4.98. The summed E-state index contributed by atoms with van der Waals surface area (Å²) in [5, 5.41) is 25.4. The second-order valence-electron chi connectivity index (χ2n) is 15.7. The number of rotatable bonds is 9. The fourth-order valence-corrected chi connectivity index (χ4v) is 9.73. The second kappa shape index (κ2) is 14.7. The van der Waals surface area contributed by atoms with E-state index in [1.807, 2.05) is 30.3 Å². The Labute approximate surface area is 319 Å². The average molecular weight is 761 g/mol. The van der Waals surface area contributed by atoms with Gasteiger partial charge in [-0.2, -0.15) is 0 Å². The van der Waals surface area contributed by atoms with E-state index < -0.39 is 94.4 Å². The molecule has 1 aliphatic heterocycles. The summed E-state index contributed by atoms with van der Waals surface area (Å²) in [6.07, 6.45) is -5.40. The number of esters is 5. The van der Waals surface area contributed by atoms with E-state index in [-0.39, 0.29) is 30.6 Å². The van der Waals surface area contributed by atoms with Crippen LogP contribution in [0.1, 0.15) is 77.2 Å². The molecule has 0 aromatic heterocycles. The molecule has 55 heavy (non-hydrogen) atoms. The fourth-order valence-electron chi connectivity index (χ4n) is 9.73. The van der Waals surface area contributed by atoms with Crippen LogP contribution in [0.15, 0.2) is 77.9 Å². The molecule has 2 aromatic rings. The molecule has 13 heteroatoms. The SMILES string of the molecule is CC(=O)O[C@H]1C[C@H]2OC[C@@]2(OC(C)=O)C2[C@@H](OC(C)=O)[C@]3(C(C)(C)O)C[C@H](OC(=O)C=Cc4ccccc4)C(C)=C3[C@@H](O)[C@H](OC(=O)c3ccccc3)[C@@]21C. The summed E-state index contributed by atoms with van der Waals surface area (Å²) in [4.78, 5) is 66.7. The molecule has 10 atom stereocenters. The summed E-state index contributed by atoms with van der Waals surface area (Å²) in [7, 11) is 0. The summed E-state index contributed by atoms with van der Waals surface area (Å²) < 4.78 is 36.9. The molecular formula is C42H48O13. The van der Waals surface area contributed by atoms with Gasteiger partial charge in [-0.05, 0) is 55.7 Å². The number of aliphatic hydroxyl groups is 2. The zero-order valence-corrected chi connectivity index (χ0v) is 32.0. The van der Waals surface area contributed by atoms with Crippen LogP contribution in [0.25, 0.3) is 6.08 Å². The first kappa shape index (κ1) is 39.8. The number of carbonyl (C=O) groups is 5. The number of ether oxygens (including phenoxy) is 6. The number of fused-ring (bicyclic) bond motifs is 4. The predicted molar refractivity (Wildman–Crippen MR) is 195 cm³/mol. The van der Waals surface area contributed by atoms with E-state index in [0.29, 0.717) is 5.57 Å². The van der Waals surface area contributed by atoms with Gasteiger partial charge in [0.2, 0.25) is 0 Å². The normalized spacial score (nSPS) is 33.9. The zero-order chi connectivity index (χ0) is 40.1. The van der Waals surface area contributed by atoms with Crippen LogP contribution in [0, 0.1) is 16.7 Å². The second-order valence-corrected chi connectivity index (χ2v) is 15.7. The van der Waals surface area contributed by atoms with Gasteiger partial charge in [-0.1, -0.05) is 55.5 Å². The highest BCUT2D eigenvalue weighted by molar-refractivity contribution is 5.89. The molecule has 0 radical (unpaired) electrons. The highest BCUT2D eigenvalue weighted by atomic mass is 16.6. The number of carbonyl (C=O) groups excluding carboxylic acids is 5. The van der Waals surface area contributed by atoms with E-state index in [4.69, 9.17) is 28.4 Å². The summed E-state index contributed by atoms with van der Waals surface area (Å²) >= 11 is 0. The smallest absolute Gasteiger partial charge is 0.338 e. The topological polar surface area (TPSA) is 181 Å². The Kier molecular flexibility index (Phi) is 10.6. The van der Waals surface area contributed by atoms with Crippen LogP contribution in [-0.4, -0.2) is 94.5 Å². The van der Waals surface area contributed by atoms with Crippen molar-refractivity contribution in [2.45, 2.75) is 109 Å². The monoisotopic (exact) mass is 760 g/mol. The lowest BCUT2D eigenvalue weighted by Crippen LogP contribution is -2.79. The maximum Gasteiger partial charge on any atom is 0.338 e. The van der Waals surface area contributed by atoms with Crippen LogP contribution in [0.4, 0.5) is 0 Å². The van der Waals surface area contributed by atoms with Crippen LogP contribution >= 0.6 is 0 Å². The first-order valence-corrected chi connectivity index (χ1v) is 18.3. The molecular weight excluding hydrogens is 712 g/mol. The molecule has 13 nitrogen and oxygen atoms in total. The maximum atomic E-state index is 14.1. The van der Waals surface area contributed by atoms with Crippen LogP contribution in [-0.2, 0) is 47.6 Å². The van der Waals surface area contributed by atoms with Crippen LogP contribution in [0.2, 0.25) is 0 Å². The summed E-state index contributed by atoms with van der Waals surface area (Å²) in [6, 6.07) is 17.2. The molecule has 294 valence electrons. The Morgan fingerprint density at radius 2 is 1.47 bits per heavy atom. The van der Waals surface area contributed by atoms with E-state index in [2.05, 4.69) is 0 Å². The molecule has 0 spiro atoms. The van der Waals surface area contributed by atoms with Crippen LogP contribution < -0.4 is 0 Å². The lowest BCUT2D eigenvalue weighted by molar-refractivity contribution is -0.352. The van der Waals surface area contributed by atoms with E-state index in [0.717, 1.165) is 5.56 Å². The largest absolute Gasteiger partial charge is 0.462 e. The molecule has 4 aliphatic rings. The molecule has 3 aliphatic carbocycles. The Bertz CT molecular complexity index is 1900. The quantitative estimate of drug-likeness (QED) is 0.160. The van der Waals surface area contributed by atoms with Crippen molar-refractivity contribution in [2.24, 2.45) is 16.7 Å². The Balaban J connectivity index is 1.62. The Hall–Kier alpha value is -4.85. The molecule has 0 amide bonds. The van der Waals surface area contributed by atoms with Crippen molar-refractivity contribution in [3.63, 3.8) is 0 Å². The number of benzene rings is 2. The highest BCUT2D eigenvalue weighted by Gasteiger charge is 2.80. The molecule has 1 unspecified atom stereocenters. The van der Waals surface area contributed by atoms with Gasteiger partial charge in [0.25, 0.3) is 0 Å². The molecule has 2 N–H and O–H groups in total. The fraction of sp³-hybridized carbons (Fsp3) is 0.500. The third-order valence-electron chi connectivity index (χ3n) is 12.0. The zero-order valence-electron chi connectivity index (χ0n) is 32.0. The van der Waals surface area contributed by atoms with Crippen molar-refractivity contribution in [2.75, 3.05) is 6.61 Å². The molecule has 0 bridgehead atoms. The van der Waals surface area contributed by atoms with Crippen molar-refractivity contribution in [1.82, 2.24) is 0 Å². The van der Waals surface area contributed by atoms with Gasteiger partial charge in [0.05, 0.1) is 34.5 Å². The van der Waals surface area contributed by atoms with Gasteiger partial charge in [-0.15, -0.1) is 0 Å². The molecule has 2 saturated carbocycles. The predicted octanol–water partition coefficient (Wildman–Crippen LogP) is 4.28. The number of hydrogen-bond acceptors (Lipinski definition) is 13.